The first-order chi connectivity index (χ1) is 7.45. The number of rotatable bonds is 3. The van der Waals surface area contributed by atoms with Crippen LogP contribution in [0, 0.1) is 16.7 Å². The summed E-state index contributed by atoms with van der Waals surface area (Å²) in [4.78, 5) is 3.98. The summed E-state index contributed by atoms with van der Waals surface area (Å²) in [6.45, 7) is 1.97. The van der Waals surface area contributed by atoms with Crippen LogP contribution < -0.4 is 0 Å². The number of aromatic nitrogens is 1. The van der Waals surface area contributed by atoms with E-state index in [9.17, 15) is 8.42 Å². The minimum atomic E-state index is -3.25. The van der Waals surface area contributed by atoms with Crippen LogP contribution in [0.2, 0.25) is 0 Å². The summed E-state index contributed by atoms with van der Waals surface area (Å²) in [6.07, 6.45) is 3.20. The molecule has 1 aliphatic rings. The molecule has 0 N–H and O–H groups in total. The zero-order valence-electron chi connectivity index (χ0n) is 8.97. The van der Waals surface area contributed by atoms with Gasteiger partial charge in [0, 0.05) is 6.20 Å². The Morgan fingerprint density at radius 1 is 1.50 bits per heavy atom. The minimum absolute atomic E-state index is 0.0489. The zero-order valence-corrected chi connectivity index (χ0v) is 9.79. The average Bonchev–Trinajstić information content (AvgIpc) is 2.95. The quantitative estimate of drug-likeness (QED) is 0.797. The molecule has 1 saturated carbocycles. The van der Waals surface area contributed by atoms with Crippen molar-refractivity contribution in [2.24, 2.45) is 5.41 Å². The lowest BCUT2D eigenvalue weighted by atomic mass is 10.2. The van der Waals surface area contributed by atoms with Gasteiger partial charge in [0.15, 0.2) is 9.84 Å². The van der Waals surface area contributed by atoms with Gasteiger partial charge in [-0.3, -0.25) is 0 Å². The van der Waals surface area contributed by atoms with Crippen molar-refractivity contribution in [1.82, 2.24) is 4.98 Å². The van der Waals surface area contributed by atoms with Gasteiger partial charge >= 0.3 is 0 Å². The number of hydrogen-bond acceptors (Lipinski definition) is 4. The molecule has 16 heavy (non-hydrogen) atoms. The maximum Gasteiger partial charge on any atom is 0.180 e. The number of hydrogen-bond donors (Lipinski definition) is 0. The molecule has 0 radical (unpaired) electrons. The summed E-state index contributed by atoms with van der Waals surface area (Å²) in [5, 5.41) is 8.57. The van der Waals surface area contributed by atoms with E-state index in [0.717, 1.165) is 12.8 Å². The van der Waals surface area contributed by atoms with Crippen LogP contribution in [0.15, 0.2) is 23.2 Å². The highest BCUT2D eigenvalue weighted by molar-refractivity contribution is 7.91. The van der Waals surface area contributed by atoms with E-state index in [-0.39, 0.29) is 21.8 Å². The monoisotopic (exact) mass is 236 g/mol. The van der Waals surface area contributed by atoms with Crippen LogP contribution in [0.5, 0.6) is 0 Å². The van der Waals surface area contributed by atoms with Crippen molar-refractivity contribution in [3.05, 3.63) is 24.0 Å². The second kappa shape index (κ2) is 3.56. The number of sulfone groups is 1. The fourth-order valence-electron chi connectivity index (χ4n) is 1.53. The van der Waals surface area contributed by atoms with Gasteiger partial charge in [-0.15, -0.1) is 0 Å². The molecule has 1 aromatic rings. The number of nitriles is 1. The van der Waals surface area contributed by atoms with Crippen LogP contribution >= 0.6 is 0 Å². The SMILES string of the molecule is CC1(CS(=O)(=O)c2ccc(C#N)nc2)CC1. The molecule has 2 rings (SSSR count). The molecule has 0 amide bonds. The molecule has 0 aliphatic heterocycles. The van der Waals surface area contributed by atoms with Gasteiger partial charge < -0.3 is 0 Å². The first-order valence-corrected chi connectivity index (χ1v) is 6.69. The zero-order chi connectivity index (χ0) is 11.8. The standard InChI is InChI=1S/C11H12N2O2S/c1-11(4-5-11)8-16(14,15)10-3-2-9(6-12)13-7-10/h2-3,7H,4-5,8H2,1H3. The molecule has 84 valence electrons. The second-order valence-corrected chi connectivity index (χ2v) is 6.55. The lowest BCUT2D eigenvalue weighted by Gasteiger charge is -2.08. The maximum absolute atomic E-state index is 12.0. The largest absolute Gasteiger partial charge is 0.244 e. The van der Waals surface area contributed by atoms with Gasteiger partial charge in [0.25, 0.3) is 0 Å². The van der Waals surface area contributed by atoms with Crippen LogP contribution in [0.4, 0.5) is 0 Å². The first kappa shape index (κ1) is 11.1. The molecule has 0 bridgehead atoms. The van der Waals surface area contributed by atoms with Gasteiger partial charge in [-0.25, -0.2) is 13.4 Å². The van der Waals surface area contributed by atoms with E-state index in [4.69, 9.17) is 5.26 Å². The Balaban J connectivity index is 2.26. The Hall–Kier alpha value is -1.41. The molecule has 0 unspecified atom stereocenters. The molecule has 1 aromatic heterocycles. The fraction of sp³-hybridized carbons (Fsp3) is 0.455. The van der Waals surface area contributed by atoms with Crippen molar-refractivity contribution >= 4 is 9.84 Å². The van der Waals surface area contributed by atoms with Crippen LogP contribution in [0.1, 0.15) is 25.5 Å². The molecule has 0 atom stereocenters. The van der Waals surface area contributed by atoms with E-state index in [1.807, 2.05) is 13.0 Å². The van der Waals surface area contributed by atoms with Crippen molar-refractivity contribution in [3.63, 3.8) is 0 Å². The van der Waals surface area contributed by atoms with E-state index < -0.39 is 9.84 Å². The fourth-order valence-corrected chi connectivity index (χ4v) is 3.39. The third-order valence-electron chi connectivity index (χ3n) is 2.85. The van der Waals surface area contributed by atoms with Gasteiger partial charge in [0.2, 0.25) is 0 Å². The number of nitrogens with zero attached hydrogens (tertiary/aromatic N) is 2. The molecule has 1 aliphatic carbocycles. The van der Waals surface area contributed by atoms with E-state index in [2.05, 4.69) is 4.98 Å². The van der Waals surface area contributed by atoms with Crippen LogP contribution in [0.25, 0.3) is 0 Å². The lowest BCUT2D eigenvalue weighted by Crippen LogP contribution is -2.15. The Morgan fingerprint density at radius 3 is 2.62 bits per heavy atom. The molecule has 1 fully saturated rings. The Morgan fingerprint density at radius 2 is 2.19 bits per heavy atom. The van der Waals surface area contributed by atoms with Crippen molar-refractivity contribution < 1.29 is 8.42 Å². The normalized spacial score (nSPS) is 17.8. The third kappa shape index (κ3) is 2.22. The summed E-state index contributed by atoms with van der Waals surface area (Å²) in [5.74, 6) is 0.174. The summed E-state index contributed by atoms with van der Waals surface area (Å²) in [5.41, 5.74) is 0.184. The summed E-state index contributed by atoms with van der Waals surface area (Å²) < 4.78 is 23.9. The maximum atomic E-state index is 12.0. The molecular weight excluding hydrogens is 224 g/mol. The predicted octanol–water partition coefficient (Wildman–Crippen LogP) is 1.53. The highest BCUT2D eigenvalue weighted by Gasteiger charge is 2.41. The summed E-state index contributed by atoms with van der Waals surface area (Å²) in [7, 11) is -3.25. The molecule has 4 nitrogen and oxygen atoms in total. The van der Waals surface area contributed by atoms with Gasteiger partial charge in [0.1, 0.15) is 11.8 Å². The molecular formula is C11H12N2O2S. The van der Waals surface area contributed by atoms with Crippen LogP contribution in [-0.2, 0) is 9.84 Å². The van der Waals surface area contributed by atoms with Crippen molar-refractivity contribution in [3.8, 4) is 6.07 Å². The lowest BCUT2D eigenvalue weighted by molar-refractivity contribution is 0.567. The van der Waals surface area contributed by atoms with Crippen LogP contribution in [-0.4, -0.2) is 19.2 Å². The smallest absolute Gasteiger partial charge is 0.180 e. The highest BCUT2D eigenvalue weighted by Crippen LogP contribution is 2.46. The molecule has 0 aromatic carbocycles. The van der Waals surface area contributed by atoms with Crippen molar-refractivity contribution in [2.75, 3.05) is 5.75 Å². The Bertz CT molecular complexity index is 536. The van der Waals surface area contributed by atoms with Gasteiger partial charge in [-0.1, -0.05) is 6.92 Å². The van der Waals surface area contributed by atoms with Gasteiger partial charge in [-0.05, 0) is 30.4 Å². The Kier molecular flexibility index (Phi) is 2.47. The second-order valence-electron chi connectivity index (χ2n) is 4.56. The average molecular weight is 236 g/mol. The third-order valence-corrected chi connectivity index (χ3v) is 4.89. The van der Waals surface area contributed by atoms with E-state index in [0.29, 0.717) is 0 Å². The number of pyridine rings is 1. The molecule has 0 spiro atoms. The molecule has 1 heterocycles. The molecule has 0 saturated heterocycles. The van der Waals surface area contributed by atoms with Crippen LogP contribution in [0.3, 0.4) is 0 Å². The van der Waals surface area contributed by atoms with Crippen molar-refractivity contribution in [1.29, 1.82) is 5.26 Å². The minimum Gasteiger partial charge on any atom is -0.244 e. The van der Waals surface area contributed by atoms with Crippen molar-refractivity contribution in [2.45, 2.75) is 24.7 Å². The van der Waals surface area contributed by atoms with E-state index in [1.165, 1.54) is 18.3 Å². The predicted molar refractivity (Wildman–Crippen MR) is 58.3 cm³/mol. The van der Waals surface area contributed by atoms with E-state index in [1.54, 1.807) is 0 Å². The van der Waals surface area contributed by atoms with Gasteiger partial charge in [0.05, 0.1) is 10.6 Å². The van der Waals surface area contributed by atoms with Gasteiger partial charge in [-0.2, -0.15) is 5.26 Å². The highest BCUT2D eigenvalue weighted by atomic mass is 32.2. The molecule has 5 heteroatoms. The first-order valence-electron chi connectivity index (χ1n) is 5.04. The Labute approximate surface area is 94.9 Å². The summed E-state index contributed by atoms with van der Waals surface area (Å²) >= 11 is 0. The van der Waals surface area contributed by atoms with E-state index >= 15 is 0 Å². The topological polar surface area (TPSA) is 70.8 Å². The summed E-state index contributed by atoms with van der Waals surface area (Å²) in [6, 6.07) is 4.74.